The maximum Gasteiger partial charge on any atom is 0.433 e. The van der Waals surface area contributed by atoms with E-state index in [4.69, 9.17) is 15.7 Å². The van der Waals surface area contributed by atoms with Crippen molar-refractivity contribution < 1.29 is 24.2 Å². The Hall–Kier alpha value is -2.03. The summed E-state index contributed by atoms with van der Waals surface area (Å²) in [6.07, 6.45) is -1.97. The second-order valence-electron chi connectivity index (χ2n) is 5.39. The molecular weight excluding hydrogens is 268 g/mol. The molecule has 114 valence electrons. The van der Waals surface area contributed by atoms with Crippen LogP contribution in [0.2, 0.25) is 0 Å². The van der Waals surface area contributed by atoms with Crippen molar-refractivity contribution >= 4 is 18.2 Å². The highest BCUT2D eigenvalue weighted by atomic mass is 16.6. The molecule has 4 amide bonds. The molecule has 1 saturated heterocycles. The van der Waals surface area contributed by atoms with Gasteiger partial charge in [-0.3, -0.25) is 0 Å². The fourth-order valence-corrected chi connectivity index (χ4v) is 1.63. The van der Waals surface area contributed by atoms with Crippen LogP contribution in [-0.4, -0.2) is 69.9 Å². The molecule has 9 heteroatoms. The molecule has 1 aliphatic heterocycles. The molecule has 9 nitrogen and oxygen atoms in total. The third-order valence-corrected chi connectivity index (χ3v) is 2.62. The zero-order valence-corrected chi connectivity index (χ0v) is 11.8. The lowest BCUT2D eigenvalue weighted by molar-refractivity contribution is 0.0262. The first-order chi connectivity index (χ1) is 9.11. The van der Waals surface area contributed by atoms with E-state index >= 15 is 0 Å². The molecule has 0 aromatic heterocycles. The fourth-order valence-electron chi connectivity index (χ4n) is 1.63. The summed E-state index contributed by atoms with van der Waals surface area (Å²) < 4.78 is 4.98. The summed E-state index contributed by atoms with van der Waals surface area (Å²) in [6.45, 7) is 5.72. The highest BCUT2D eigenvalue weighted by molar-refractivity contribution is 5.90. The number of carboxylic acid groups (broad SMARTS) is 1. The van der Waals surface area contributed by atoms with Crippen LogP contribution < -0.4 is 5.84 Å². The van der Waals surface area contributed by atoms with Gasteiger partial charge in [0.1, 0.15) is 5.60 Å². The van der Waals surface area contributed by atoms with Gasteiger partial charge in [0.25, 0.3) is 0 Å². The summed E-state index contributed by atoms with van der Waals surface area (Å²) in [7, 11) is 0. The van der Waals surface area contributed by atoms with Crippen LogP contribution in [0.1, 0.15) is 20.8 Å². The largest absolute Gasteiger partial charge is 0.465 e. The van der Waals surface area contributed by atoms with Crippen molar-refractivity contribution in [3.05, 3.63) is 0 Å². The minimum atomic E-state index is -1.03. The Bertz CT molecular complexity index is 398. The summed E-state index contributed by atoms with van der Waals surface area (Å²) in [4.78, 5) is 36.8. The second-order valence-corrected chi connectivity index (χ2v) is 5.39. The van der Waals surface area contributed by atoms with Gasteiger partial charge in [0, 0.05) is 26.2 Å². The summed E-state index contributed by atoms with van der Waals surface area (Å²) in [5.41, 5.74) is -0.753. The van der Waals surface area contributed by atoms with Gasteiger partial charge in [-0.25, -0.2) is 20.2 Å². The molecule has 0 bridgehead atoms. The molecule has 0 aromatic rings. The summed E-state index contributed by atoms with van der Waals surface area (Å²) in [5, 5.41) is 9.21. The Morgan fingerprint density at radius 2 is 1.55 bits per heavy atom. The predicted octanol–water partition coefficient (Wildman–Crippen LogP) is 0.513. The smallest absolute Gasteiger partial charge is 0.433 e. The number of hydrazine groups is 1. The zero-order chi connectivity index (χ0) is 15.5. The highest BCUT2D eigenvalue weighted by Crippen LogP contribution is 2.10. The van der Waals surface area contributed by atoms with Crippen LogP contribution in [0.15, 0.2) is 0 Å². The minimum Gasteiger partial charge on any atom is -0.465 e. The molecule has 3 N–H and O–H groups in total. The van der Waals surface area contributed by atoms with Crippen molar-refractivity contribution in [1.29, 1.82) is 0 Å². The first kappa shape index (κ1) is 16.0. The van der Waals surface area contributed by atoms with Gasteiger partial charge in [0.2, 0.25) is 0 Å². The number of carbonyl (C=O) groups is 3. The number of hydrogen-bond donors (Lipinski definition) is 2. The number of imide groups is 1. The number of hydrogen-bond acceptors (Lipinski definition) is 5. The lowest BCUT2D eigenvalue weighted by Crippen LogP contribution is -2.57. The van der Waals surface area contributed by atoms with Crippen LogP contribution in [0.4, 0.5) is 14.4 Å². The lowest BCUT2D eigenvalue weighted by Gasteiger charge is -2.34. The van der Waals surface area contributed by atoms with Gasteiger partial charge < -0.3 is 19.6 Å². The first-order valence-corrected chi connectivity index (χ1v) is 6.16. The molecular formula is C11H20N4O5. The van der Waals surface area contributed by atoms with Crippen LogP contribution in [0.3, 0.4) is 0 Å². The molecule has 1 rings (SSSR count). The average Bonchev–Trinajstić information content (AvgIpc) is 2.35. The number of piperazine rings is 1. The van der Waals surface area contributed by atoms with Crippen LogP contribution in [-0.2, 0) is 4.74 Å². The van der Waals surface area contributed by atoms with E-state index in [9.17, 15) is 14.4 Å². The Kier molecular flexibility index (Phi) is 4.77. The maximum absolute atomic E-state index is 12.0. The van der Waals surface area contributed by atoms with E-state index < -0.39 is 23.8 Å². The normalized spacial score (nSPS) is 15.8. The quantitative estimate of drug-likeness (QED) is 0.381. The highest BCUT2D eigenvalue weighted by Gasteiger charge is 2.31. The van der Waals surface area contributed by atoms with Gasteiger partial charge in [-0.1, -0.05) is 0 Å². The number of rotatable bonds is 0. The third-order valence-electron chi connectivity index (χ3n) is 2.62. The van der Waals surface area contributed by atoms with Gasteiger partial charge in [-0.2, -0.15) is 5.01 Å². The Morgan fingerprint density at radius 3 is 1.95 bits per heavy atom. The van der Waals surface area contributed by atoms with Crippen molar-refractivity contribution in [3.63, 3.8) is 0 Å². The molecule has 1 aliphatic rings. The van der Waals surface area contributed by atoms with Gasteiger partial charge in [0.05, 0.1) is 0 Å². The summed E-state index contributed by atoms with van der Waals surface area (Å²) in [6, 6.07) is -0.704. The van der Waals surface area contributed by atoms with Crippen molar-refractivity contribution in [2.45, 2.75) is 26.4 Å². The molecule has 0 spiro atoms. The standard InChI is InChI=1S/C11H20N4O5/c1-11(2,3)20-10(19)15(12)8(16)13-4-6-14(7-5-13)9(17)18/h4-7,12H2,1-3H3,(H,17,18). The first-order valence-electron chi connectivity index (χ1n) is 6.16. The number of nitrogens with two attached hydrogens (primary N) is 1. The number of nitrogens with zero attached hydrogens (tertiary/aromatic N) is 3. The molecule has 0 radical (unpaired) electrons. The Labute approximate surface area is 116 Å². The van der Waals surface area contributed by atoms with Crippen molar-refractivity contribution in [2.24, 2.45) is 5.84 Å². The van der Waals surface area contributed by atoms with Gasteiger partial charge >= 0.3 is 18.2 Å². The van der Waals surface area contributed by atoms with E-state index in [1.807, 2.05) is 0 Å². The third kappa shape index (κ3) is 4.26. The Balaban J connectivity index is 2.54. The van der Waals surface area contributed by atoms with Crippen LogP contribution in [0.25, 0.3) is 0 Å². The summed E-state index contributed by atoms with van der Waals surface area (Å²) in [5.74, 6) is 5.43. The van der Waals surface area contributed by atoms with Crippen LogP contribution in [0, 0.1) is 0 Å². The molecule has 0 aromatic carbocycles. The summed E-state index contributed by atoms with van der Waals surface area (Å²) >= 11 is 0. The minimum absolute atomic E-state index is 0.182. The predicted molar refractivity (Wildman–Crippen MR) is 68.8 cm³/mol. The molecule has 1 heterocycles. The van der Waals surface area contributed by atoms with Gasteiger partial charge in [-0.05, 0) is 20.8 Å². The monoisotopic (exact) mass is 288 g/mol. The number of ether oxygens (including phenoxy) is 1. The topological polar surface area (TPSA) is 116 Å². The molecule has 0 aliphatic carbocycles. The zero-order valence-electron chi connectivity index (χ0n) is 11.8. The van der Waals surface area contributed by atoms with Crippen molar-refractivity contribution in [1.82, 2.24) is 14.8 Å². The van der Waals surface area contributed by atoms with Crippen LogP contribution >= 0.6 is 0 Å². The average molecular weight is 288 g/mol. The van der Waals surface area contributed by atoms with E-state index in [1.54, 1.807) is 20.8 Å². The number of amides is 4. The van der Waals surface area contributed by atoms with E-state index in [1.165, 1.54) is 9.80 Å². The van der Waals surface area contributed by atoms with E-state index in [0.717, 1.165) is 0 Å². The Morgan fingerprint density at radius 1 is 1.10 bits per heavy atom. The molecule has 20 heavy (non-hydrogen) atoms. The fraction of sp³-hybridized carbons (Fsp3) is 0.727. The van der Waals surface area contributed by atoms with Gasteiger partial charge in [0.15, 0.2) is 0 Å². The van der Waals surface area contributed by atoms with E-state index in [0.29, 0.717) is 5.01 Å². The number of urea groups is 1. The molecule has 0 saturated carbocycles. The molecule has 0 unspecified atom stereocenters. The van der Waals surface area contributed by atoms with Gasteiger partial charge in [-0.15, -0.1) is 0 Å². The maximum atomic E-state index is 12.0. The lowest BCUT2D eigenvalue weighted by atomic mass is 10.2. The molecule has 0 atom stereocenters. The van der Waals surface area contributed by atoms with Crippen molar-refractivity contribution in [3.8, 4) is 0 Å². The second kappa shape index (κ2) is 5.95. The molecule has 1 fully saturated rings. The van der Waals surface area contributed by atoms with E-state index in [2.05, 4.69) is 0 Å². The SMILES string of the molecule is CC(C)(C)OC(=O)N(N)C(=O)N1CCN(C(=O)O)CC1. The number of carbonyl (C=O) groups excluding carboxylic acids is 2. The van der Waals surface area contributed by atoms with Crippen LogP contribution in [0.5, 0.6) is 0 Å². The van der Waals surface area contributed by atoms with Crippen molar-refractivity contribution in [2.75, 3.05) is 26.2 Å². The van der Waals surface area contributed by atoms with E-state index in [-0.39, 0.29) is 26.2 Å².